The maximum absolute atomic E-state index is 10.5. The third-order valence-electron chi connectivity index (χ3n) is 3.77. The summed E-state index contributed by atoms with van der Waals surface area (Å²) in [6.07, 6.45) is 3.48. The van der Waals surface area contributed by atoms with Gasteiger partial charge in [0, 0.05) is 6.04 Å². The molecule has 132 valence electrons. The molecular weight excluding hydrogens is 401 g/mol. The SMILES string of the molecule is CC(C)CCCC(C)NC(N)=NCC(C)(O)c1ccccc1.I. The predicted octanol–water partition coefficient (Wildman–Crippen LogP) is 3.63. The summed E-state index contributed by atoms with van der Waals surface area (Å²) >= 11 is 0. The van der Waals surface area contributed by atoms with Gasteiger partial charge in [0.15, 0.2) is 5.96 Å². The van der Waals surface area contributed by atoms with Gasteiger partial charge in [0.05, 0.1) is 6.54 Å². The van der Waals surface area contributed by atoms with Crippen molar-refractivity contribution in [2.45, 2.75) is 58.6 Å². The molecule has 4 nitrogen and oxygen atoms in total. The minimum Gasteiger partial charge on any atom is -0.384 e. The molecule has 1 aromatic carbocycles. The summed E-state index contributed by atoms with van der Waals surface area (Å²) in [5.41, 5.74) is 5.76. The predicted molar refractivity (Wildman–Crippen MR) is 109 cm³/mol. The molecule has 1 rings (SSSR count). The van der Waals surface area contributed by atoms with Gasteiger partial charge in [0.2, 0.25) is 0 Å². The standard InChI is InChI=1S/C18H31N3O.HI/c1-14(2)9-8-10-15(3)21-17(19)20-13-18(4,22)16-11-6-5-7-12-16;/h5-7,11-12,14-15,22H,8-10,13H2,1-4H3,(H3,19,20,21);1H. The second-order valence-electron chi connectivity index (χ2n) is 6.71. The van der Waals surface area contributed by atoms with Crippen LogP contribution < -0.4 is 11.1 Å². The van der Waals surface area contributed by atoms with Gasteiger partial charge in [-0.05, 0) is 31.7 Å². The molecule has 0 bridgehead atoms. The van der Waals surface area contributed by atoms with Crippen LogP contribution in [0.1, 0.15) is 52.5 Å². The van der Waals surface area contributed by atoms with Crippen molar-refractivity contribution < 1.29 is 5.11 Å². The van der Waals surface area contributed by atoms with E-state index in [1.807, 2.05) is 30.3 Å². The Morgan fingerprint density at radius 1 is 1.22 bits per heavy atom. The van der Waals surface area contributed by atoms with Crippen LogP contribution in [0, 0.1) is 5.92 Å². The quantitative estimate of drug-likeness (QED) is 0.333. The Kier molecular flexibility index (Phi) is 10.5. The van der Waals surface area contributed by atoms with Crippen molar-refractivity contribution in [2.24, 2.45) is 16.6 Å². The molecule has 0 amide bonds. The number of hydrogen-bond donors (Lipinski definition) is 3. The second kappa shape index (κ2) is 10.9. The lowest BCUT2D eigenvalue weighted by Crippen LogP contribution is -2.39. The lowest BCUT2D eigenvalue weighted by Gasteiger charge is -2.22. The van der Waals surface area contributed by atoms with E-state index in [1.54, 1.807) is 6.92 Å². The maximum Gasteiger partial charge on any atom is 0.188 e. The van der Waals surface area contributed by atoms with Crippen LogP contribution >= 0.6 is 24.0 Å². The number of nitrogens with two attached hydrogens (primary N) is 1. The van der Waals surface area contributed by atoms with Crippen molar-refractivity contribution in [1.29, 1.82) is 0 Å². The molecule has 0 aliphatic carbocycles. The number of halogens is 1. The van der Waals surface area contributed by atoms with E-state index in [1.165, 1.54) is 12.8 Å². The fourth-order valence-corrected chi connectivity index (χ4v) is 2.33. The van der Waals surface area contributed by atoms with Gasteiger partial charge in [-0.2, -0.15) is 0 Å². The van der Waals surface area contributed by atoms with Gasteiger partial charge in [-0.1, -0.05) is 57.0 Å². The van der Waals surface area contributed by atoms with E-state index in [2.05, 4.69) is 31.1 Å². The van der Waals surface area contributed by atoms with Crippen molar-refractivity contribution >= 4 is 29.9 Å². The molecule has 0 aliphatic rings. The van der Waals surface area contributed by atoms with Crippen molar-refractivity contribution in [3.63, 3.8) is 0 Å². The van der Waals surface area contributed by atoms with Crippen LogP contribution in [0.5, 0.6) is 0 Å². The first kappa shape index (κ1) is 22.2. The highest BCUT2D eigenvalue weighted by Gasteiger charge is 2.22. The molecule has 5 heteroatoms. The van der Waals surface area contributed by atoms with E-state index in [0.717, 1.165) is 17.9 Å². The highest BCUT2D eigenvalue weighted by Crippen LogP contribution is 2.20. The van der Waals surface area contributed by atoms with Gasteiger partial charge in [0.1, 0.15) is 5.60 Å². The number of aliphatic imine (C=N–C) groups is 1. The first-order valence-electron chi connectivity index (χ1n) is 8.15. The van der Waals surface area contributed by atoms with Crippen LogP contribution in [0.3, 0.4) is 0 Å². The first-order chi connectivity index (χ1) is 10.3. The molecule has 2 atom stereocenters. The van der Waals surface area contributed by atoms with E-state index in [-0.39, 0.29) is 30.5 Å². The average molecular weight is 433 g/mol. The highest BCUT2D eigenvalue weighted by atomic mass is 127. The van der Waals surface area contributed by atoms with Gasteiger partial charge in [-0.15, -0.1) is 24.0 Å². The molecule has 23 heavy (non-hydrogen) atoms. The highest BCUT2D eigenvalue weighted by molar-refractivity contribution is 14.0. The zero-order valence-corrected chi connectivity index (χ0v) is 17.1. The van der Waals surface area contributed by atoms with Gasteiger partial charge in [0.25, 0.3) is 0 Å². The number of rotatable bonds is 8. The molecule has 0 spiro atoms. The summed E-state index contributed by atoms with van der Waals surface area (Å²) in [5, 5.41) is 13.7. The van der Waals surface area contributed by atoms with Crippen LogP contribution in [0.4, 0.5) is 0 Å². The zero-order chi connectivity index (χ0) is 16.6. The van der Waals surface area contributed by atoms with Crippen LogP contribution in [0.25, 0.3) is 0 Å². The molecule has 0 aliphatic heterocycles. The lowest BCUT2D eigenvalue weighted by molar-refractivity contribution is 0.0673. The third kappa shape index (κ3) is 9.15. The van der Waals surface area contributed by atoms with E-state index in [4.69, 9.17) is 5.73 Å². The smallest absolute Gasteiger partial charge is 0.188 e. The van der Waals surface area contributed by atoms with Crippen LogP contribution in [-0.2, 0) is 5.60 Å². The number of benzene rings is 1. The number of aliphatic hydroxyl groups is 1. The van der Waals surface area contributed by atoms with E-state index < -0.39 is 5.60 Å². The van der Waals surface area contributed by atoms with Crippen molar-refractivity contribution in [2.75, 3.05) is 6.54 Å². The monoisotopic (exact) mass is 433 g/mol. The van der Waals surface area contributed by atoms with E-state index in [0.29, 0.717) is 12.0 Å². The number of guanidine groups is 1. The number of hydrogen-bond acceptors (Lipinski definition) is 2. The second-order valence-corrected chi connectivity index (χ2v) is 6.71. The summed E-state index contributed by atoms with van der Waals surface area (Å²) in [5.74, 6) is 1.13. The molecule has 2 unspecified atom stereocenters. The fourth-order valence-electron chi connectivity index (χ4n) is 2.33. The molecule has 0 heterocycles. The molecule has 0 fully saturated rings. The van der Waals surface area contributed by atoms with Gasteiger partial charge < -0.3 is 16.2 Å². The third-order valence-corrected chi connectivity index (χ3v) is 3.77. The Morgan fingerprint density at radius 2 is 1.83 bits per heavy atom. The average Bonchev–Trinajstić information content (AvgIpc) is 2.46. The van der Waals surface area contributed by atoms with Crippen molar-refractivity contribution in [3.8, 4) is 0 Å². The molecule has 1 aromatic rings. The van der Waals surface area contributed by atoms with E-state index in [9.17, 15) is 5.11 Å². The largest absolute Gasteiger partial charge is 0.384 e. The minimum atomic E-state index is -1.01. The Morgan fingerprint density at radius 3 is 2.39 bits per heavy atom. The topological polar surface area (TPSA) is 70.6 Å². The number of nitrogens with one attached hydrogen (secondary N) is 1. The lowest BCUT2D eigenvalue weighted by atomic mass is 9.96. The summed E-state index contributed by atoms with van der Waals surface area (Å²) in [4.78, 5) is 4.29. The Balaban J connectivity index is 0.00000484. The summed E-state index contributed by atoms with van der Waals surface area (Å²) < 4.78 is 0. The minimum absolute atomic E-state index is 0. The Hall–Kier alpha value is -0.820. The van der Waals surface area contributed by atoms with Crippen molar-refractivity contribution in [1.82, 2.24) is 5.32 Å². The Labute approximate surface area is 158 Å². The molecule has 0 saturated heterocycles. The zero-order valence-electron chi connectivity index (χ0n) is 14.7. The van der Waals surface area contributed by atoms with Crippen LogP contribution in [0.2, 0.25) is 0 Å². The van der Waals surface area contributed by atoms with Crippen LogP contribution in [-0.4, -0.2) is 23.7 Å². The van der Waals surface area contributed by atoms with Crippen LogP contribution in [0.15, 0.2) is 35.3 Å². The van der Waals surface area contributed by atoms with Gasteiger partial charge in [-0.3, -0.25) is 4.99 Å². The first-order valence-corrected chi connectivity index (χ1v) is 8.15. The summed E-state index contributed by atoms with van der Waals surface area (Å²) in [6.45, 7) is 8.58. The Bertz CT molecular complexity index is 461. The van der Waals surface area contributed by atoms with Gasteiger partial charge >= 0.3 is 0 Å². The molecule has 0 saturated carbocycles. The maximum atomic E-state index is 10.5. The van der Waals surface area contributed by atoms with Gasteiger partial charge in [-0.25, -0.2) is 0 Å². The number of nitrogens with zero attached hydrogens (tertiary/aromatic N) is 1. The summed E-state index contributed by atoms with van der Waals surface area (Å²) in [7, 11) is 0. The molecule has 0 aromatic heterocycles. The fraction of sp³-hybridized carbons (Fsp3) is 0.611. The summed E-state index contributed by atoms with van der Waals surface area (Å²) in [6, 6.07) is 9.83. The normalized spacial score (nSPS) is 15.7. The van der Waals surface area contributed by atoms with Crippen molar-refractivity contribution in [3.05, 3.63) is 35.9 Å². The molecule has 0 radical (unpaired) electrons. The molecular formula is C18H32IN3O. The molecule has 4 N–H and O–H groups in total. The van der Waals surface area contributed by atoms with E-state index >= 15 is 0 Å².